The van der Waals surface area contributed by atoms with Crippen LogP contribution in [0.4, 0.5) is 0 Å². The van der Waals surface area contributed by atoms with Gasteiger partial charge >= 0.3 is 5.97 Å². The maximum atomic E-state index is 12.2. The largest absolute Gasteiger partial charge is 0.481 e. The molecule has 1 amide bonds. The summed E-state index contributed by atoms with van der Waals surface area (Å²) < 4.78 is 0. The van der Waals surface area contributed by atoms with E-state index in [-0.39, 0.29) is 17.7 Å². The van der Waals surface area contributed by atoms with Gasteiger partial charge in [-0.2, -0.15) is 0 Å². The monoisotopic (exact) mass is 291 g/mol. The Balaban J connectivity index is 2.62. The van der Waals surface area contributed by atoms with E-state index in [1.807, 2.05) is 58.0 Å². The summed E-state index contributed by atoms with van der Waals surface area (Å²) in [5, 5.41) is 11.7. The van der Waals surface area contributed by atoms with Crippen molar-refractivity contribution in [1.29, 1.82) is 0 Å². The van der Waals surface area contributed by atoms with Gasteiger partial charge in [-0.05, 0) is 31.2 Å². The lowest BCUT2D eigenvalue weighted by atomic mass is 9.81. The van der Waals surface area contributed by atoms with Gasteiger partial charge < -0.3 is 10.4 Å². The molecule has 0 aromatic heterocycles. The van der Waals surface area contributed by atoms with Crippen molar-refractivity contribution < 1.29 is 14.7 Å². The predicted molar refractivity (Wildman–Crippen MR) is 83.2 cm³/mol. The van der Waals surface area contributed by atoms with Gasteiger partial charge in [0.25, 0.3) is 0 Å². The Morgan fingerprint density at radius 3 is 2.19 bits per heavy atom. The number of carbonyl (C=O) groups is 2. The molecule has 0 aliphatic carbocycles. The molecule has 0 spiro atoms. The zero-order valence-corrected chi connectivity index (χ0v) is 13.3. The van der Waals surface area contributed by atoms with Crippen LogP contribution < -0.4 is 5.32 Å². The first-order valence-electron chi connectivity index (χ1n) is 7.21. The molecule has 1 rings (SSSR count). The van der Waals surface area contributed by atoms with Crippen molar-refractivity contribution in [2.45, 2.75) is 57.9 Å². The Kier molecular flexibility index (Phi) is 5.53. The molecule has 0 saturated heterocycles. The number of nitrogens with one attached hydrogen (secondary N) is 1. The van der Waals surface area contributed by atoms with Crippen LogP contribution >= 0.6 is 0 Å². The first-order valence-corrected chi connectivity index (χ1v) is 7.21. The molecule has 21 heavy (non-hydrogen) atoms. The lowest BCUT2D eigenvalue weighted by Gasteiger charge is -2.30. The smallest absolute Gasteiger partial charge is 0.303 e. The number of carboxylic acids is 1. The zero-order valence-electron chi connectivity index (χ0n) is 13.3. The van der Waals surface area contributed by atoms with Crippen molar-refractivity contribution in [1.82, 2.24) is 5.32 Å². The highest BCUT2D eigenvalue weighted by molar-refractivity contribution is 5.78. The Bertz CT molecular complexity index is 492. The van der Waals surface area contributed by atoms with Crippen LogP contribution in [-0.4, -0.2) is 22.5 Å². The van der Waals surface area contributed by atoms with Crippen molar-refractivity contribution in [3.8, 4) is 0 Å². The molecule has 0 aliphatic rings. The van der Waals surface area contributed by atoms with Crippen molar-refractivity contribution in [3.63, 3.8) is 0 Å². The van der Waals surface area contributed by atoms with E-state index in [9.17, 15) is 9.59 Å². The third kappa shape index (κ3) is 5.98. The number of hydrogen-bond acceptors (Lipinski definition) is 2. The summed E-state index contributed by atoms with van der Waals surface area (Å²) in [5.74, 6) is -0.902. The molecule has 2 N–H and O–H groups in total. The molecule has 0 fully saturated rings. The first-order chi connectivity index (χ1) is 9.62. The molecular weight excluding hydrogens is 266 g/mol. The number of amides is 1. The molecule has 0 radical (unpaired) electrons. The second-order valence-electron chi connectivity index (χ2n) is 6.75. The van der Waals surface area contributed by atoms with Gasteiger partial charge in [-0.1, -0.05) is 44.2 Å². The summed E-state index contributed by atoms with van der Waals surface area (Å²) in [5.41, 5.74) is 0.347. The van der Waals surface area contributed by atoms with Gasteiger partial charge in [-0.25, -0.2) is 0 Å². The predicted octanol–water partition coefficient (Wildman–Crippen LogP) is 3.11. The third-order valence-electron chi connectivity index (χ3n) is 3.60. The molecular formula is C17H25NO3. The maximum Gasteiger partial charge on any atom is 0.303 e. The highest BCUT2D eigenvalue weighted by Gasteiger charge is 2.27. The Hall–Kier alpha value is -1.84. The second kappa shape index (κ2) is 6.74. The maximum absolute atomic E-state index is 12.2. The zero-order chi connectivity index (χ0) is 16.1. The quantitative estimate of drug-likeness (QED) is 0.811. The van der Waals surface area contributed by atoms with Gasteiger partial charge in [0, 0.05) is 18.4 Å². The molecule has 0 aliphatic heterocycles. The van der Waals surface area contributed by atoms with Gasteiger partial charge in [-0.3, -0.25) is 9.59 Å². The lowest BCUT2D eigenvalue weighted by Crippen LogP contribution is -2.45. The van der Waals surface area contributed by atoms with Gasteiger partial charge in [0.2, 0.25) is 5.91 Å². The summed E-state index contributed by atoms with van der Waals surface area (Å²) in [7, 11) is 0. The average Bonchev–Trinajstić information content (AvgIpc) is 2.36. The van der Waals surface area contributed by atoms with E-state index in [4.69, 9.17) is 5.11 Å². The van der Waals surface area contributed by atoms with Gasteiger partial charge in [0.05, 0.1) is 0 Å². The van der Waals surface area contributed by atoms with Crippen LogP contribution in [0.15, 0.2) is 30.3 Å². The fraction of sp³-hybridized carbons (Fsp3) is 0.529. The van der Waals surface area contributed by atoms with Crippen LogP contribution in [0.2, 0.25) is 0 Å². The van der Waals surface area contributed by atoms with Crippen LogP contribution in [0.5, 0.6) is 0 Å². The Morgan fingerprint density at radius 1 is 1.10 bits per heavy atom. The molecule has 4 heteroatoms. The van der Waals surface area contributed by atoms with E-state index in [0.29, 0.717) is 12.8 Å². The first kappa shape index (κ1) is 17.2. The fourth-order valence-electron chi connectivity index (χ4n) is 2.30. The Morgan fingerprint density at radius 2 is 1.67 bits per heavy atom. The van der Waals surface area contributed by atoms with E-state index >= 15 is 0 Å². The number of hydrogen-bond donors (Lipinski definition) is 2. The number of aliphatic carboxylic acids is 1. The van der Waals surface area contributed by atoms with Crippen molar-refractivity contribution >= 4 is 11.9 Å². The van der Waals surface area contributed by atoms with Gasteiger partial charge in [-0.15, -0.1) is 0 Å². The van der Waals surface area contributed by atoms with Crippen LogP contribution in [0.3, 0.4) is 0 Å². The van der Waals surface area contributed by atoms with Crippen LogP contribution in [0.1, 0.15) is 52.5 Å². The molecule has 0 heterocycles. The van der Waals surface area contributed by atoms with Gasteiger partial charge in [0.1, 0.15) is 0 Å². The summed E-state index contributed by atoms with van der Waals surface area (Å²) in [6, 6.07) is 9.91. The van der Waals surface area contributed by atoms with E-state index < -0.39 is 11.5 Å². The molecule has 116 valence electrons. The minimum Gasteiger partial charge on any atom is -0.481 e. The third-order valence-corrected chi connectivity index (χ3v) is 3.60. The summed E-state index contributed by atoms with van der Waals surface area (Å²) in [4.78, 5) is 22.9. The number of carbonyl (C=O) groups excluding carboxylic acids is 1. The van der Waals surface area contributed by atoms with E-state index in [0.717, 1.165) is 5.56 Å². The standard InChI is InChI=1S/C17H25NO3/c1-16(2,13-8-6-5-7-9-13)12-14(19)18-17(3,4)11-10-15(20)21/h5-9H,10-12H2,1-4H3,(H,18,19)(H,20,21). The molecule has 0 saturated carbocycles. The molecule has 4 nitrogen and oxygen atoms in total. The molecule has 0 unspecified atom stereocenters. The van der Waals surface area contributed by atoms with Crippen molar-refractivity contribution in [3.05, 3.63) is 35.9 Å². The van der Waals surface area contributed by atoms with Crippen molar-refractivity contribution in [2.75, 3.05) is 0 Å². The van der Waals surface area contributed by atoms with Crippen LogP contribution in [-0.2, 0) is 15.0 Å². The SMILES string of the molecule is CC(C)(CCC(=O)O)NC(=O)CC(C)(C)c1ccccc1. The number of benzene rings is 1. The number of carboxylic acid groups (broad SMARTS) is 1. The van der Waals surface area contributed by atoms with Crippen LogP contribution in [0.25, 0.3) is 0 Å². The second-order valence-corrected chi connectivity index (χ2v) is 6.75. The van der Waals surface area contributed by atoms with E-state index in [1.165, 1.54) is 0 Å². The highest BCUT2D eigenvalue weighted by atomic mass is 16.4. The molecule has 0 atom stereocenters. The highest BCUT2D eigenvalue weighted by Crippen LogP contribution is 2.27. The molecule has 0 bridgehead atoms. The van der Waals surface area contributed by atoms with E-state index in [2.05, 4.69) is 5.32 Å². The average molecular weight is 291 g/mol. The molecule has 1 aromatic carbocycles. The lowest BCUT2D eigenvalue weighted by molar-refractivity contribution is -0.138. The minimum atomic E-state index is -0.845. The van der Waals surface area contributed by atoms with Gasteiger partial charge in [0.15, 0.2) is 0 Å². The minimum absolute atomic E-state index is 0.0510. The number of rotatable bonds is 7. The summed E-state index contributed by atoms with van der Waals surface area (Å²) in [6.07, 6.45) is 0.836. The van der Waals surface area contributed by atoms with Crippen molar-refractivity contribution in [2.24, 2.45) is 0 Å². The summed E-state index contributed by atoms with van der Waals surface area (Å²) in [6.45, 7) is 7.77. The molecule has 1 aromatic rings. The van der Waals surface area contributed by atoms with Crippen LogP contribution in [0, 0.1) is 0 Å². The summed E-state index contributed by atoms with van der Waals surface area (Å²) >= 11 is 0. The fourth-order valence-corrected chi connectivity index (χ4v) is 2.30. The normalized spacial score (nSPS) is 12.0. The Labute approximate surface area is 126 Å². The topological polar surface area (TPSA) is 66.4 Å². The van der Waals surface area contributed by atoms with E-state index in [1.54, 1.807) is 0 Å².